The standard InChI is InChI=1S/C30H24N2/c1-18-13-14-25-21(15-18)22-17-27-23(16-26(22)31-25)28-29(32(27)19-9-5-4-6-10-19)20-11-7-8-12-24(20)30(28,2)3/h4-17,31H,1-3H3. The van der Waals surface area contributed by atoms with E-state index < -0.39 is 0 Å². The molecule has 0 saturated heterocycles. The molecule has 0 bridgehead atoms. The van der Waals surface area contributed by atoms with Crippen LogP contribution < -0.4 is 0 Å². The van der Waals surface area contributed by atoms with Crippen molar-refractivity contribution in [3.05, 3.63) is 102 Å². The molecular weight excluding hydrogens is 388 g/mol. The maximum Gasteiger partial charge on any atom is 0.0585 e. The quantitative estimate of drug-likeness (QED) is 0.283. The molecule has 0 aliphatic heterocycles. The van der Waals surface area contributed by atoms with E-state index in [9.17, 15) is 0 Å². The van der Waals surface area contributed by atoms with E-state index in [0.717, 1.165) is 0 Å². The molecule has 32 heavy (non-hydrogen) atoms. The van der Waals surface area contributed by atoms with Crippen LogP contribution in [-0.2, 0) is 5.41 Å². The van der Waals surface area contributed by atoms with Gasteiger partial charge in [0.15, 0.2) is 0 Å². The molecule has 0 fully saturated rings. The van der Waals surface area contributed by atoms with Crippen molar-refractivity contribution in [2.45, 2.75) is 26.2 Å². The normalized spacial score (nSPS) is 14.3. The molecule has 1 N–H and O–H groups in total. The lowest BCUT2D eigenvalue weighted by atomic mass is 9.81. The average molecular weight is 413 g/mol. The molecule has 0 spiro atoms. The summed E-state index contributed by atoms with van der Waals surface area (Å²) in [5.41, 5.74) is 11.6. The fourth-order valence-corrected chi connectivity index (χ4v) is 5.90. The van der Waals surface area contributed by atoms with E-state index >= 15 is 0 Å². The zero-order valence-electron chi connectivity index (χ0n) is 18.5. The summed E-state index contributed by atoms with van der Waals surface area (Å²) in [4.78, 5) is 3.68. The predicted molar refractivity (Wildman–Crippen MR) is 135 cm³/mol. The molecule has 2 nitrogen and oxygen atoms in total. The van der Waals surface area contributed by atoms with Gasteiger partial charge in [0, 0.05) is 43.9 Å². The number of benzene rings is 4. The third kappa shape index (κ3) is 2.14. The number of rotatable bonds is 1. The molecule has 4 aromatic carbocycles. The van der Waals surface area contributed by atoms with E-state index in [-0.39, 0.29) is 5.41 Å². The molecule has 0 unspecified atom stereocenters. The monoisotopic (exact) mass is 412 g/mol. The van der Waals surface area contributed by atoms with Crippen molar-refractivity contribution in [1.82, 2.24) is 9.55 Å². The second-order valence-electron chi connectivity index (χ2n) is 9.65. The van der Waals surface area contributed by atoms with Crippen LogP contribution in [0, 0.1) is 6.92 Å². The number of para-hydroxylation sites is 1. The van der Waals surface area contributed by atoms with E-state index in [1.807, 2.05) is 0 Å². The fraction of sp³-hybridized carbons (Fsp3) is 0.133. The zero-order chi connectivity index (χ0) is 21.6. The van der Waals surface area contributed by atoms with Crippen molar-refractivity contribution < 1.29 is 0 Å². The summed E-state index contributed by atoms with van der Waals surface area (Å²) in [5, 5.41) is 3.92. The summed E-state index contributed by atoms with van der Waals surface area (Å²) >= 11 is 0. The summed E-state index contributed by atoms with van der Waals surface area (Å²) in [6, 6.07) is 31.2. The van der Waals surface area contributed by atoms with Gasteiger partial charge in [-0.1, -0.05) is 67.9 Å². The van der Waals surface area contributed by atoms with Crippen LogP contribution in [0.5, 0.6) is 0 Å². The van der Waals surface area contributed by atoms with E-state index in [4.69, 9.17) is 0 Å². The third-order valence-electron chi connectivity index (χ3n) is 7.34. The first kappa shape index (κ1) is 17.9. The SMILES string of the molecule is Cc1ccc2[nH]c3cc4c5c(n(-c6ccccc6)c4cc3c2c1)-c1ccccc1C5(C)C. The Morgan fingerprint density at radius 1 is 0.719 bits per heavy atom. The number of H-pyrrole nitrogens is 1. The number of nitrogens with one attached hydrogen (secondary N) is 1. The summed E-state index contributed by atoms with van der Waals surface area (Å²) in [5.74, 6) is 0. The Morgan fingerprint density at radius 3 is 2.31 bits per heavy atom. The van der Waals surface area contributed by atoms with Crippen molar-refractivity contribution in [2.75, 3.05) is 0 Å². The largest absolute Gasteiger partial charge is 0.354 e. The number of aromatic nitrogens is 2. The number of fused-ring (bicyclic) bond motifs is 8. The van der Waals surface area contributed by atoms with Gasteiger partial charge in [0.1, 0.15) is 0 Å². The van der Waals surface area contributed by atoms with Gasteiger partial charge in [-0.25, -0.2) is 0 Å². The molecule has 6 aromatic rings. The van der Waals surface area contributed by atoms with Gasteiger partial charge >= 0.3 is 0 Å². The summed E-state index contributed by atoms with van der Waals surface area (Å²) in [6.07, 6.45) is 0. The highest BCUT2D eigenvalue weighted by Gasteiger charge is 2.40. The van der Waals surface area contributed by atoms with Gasteiger partial charge in [-0.05, 0) is 54.4 Å². The van der Waals surface area contributed by atoms with Gasteiger partial charge in [0.05, 0.1) is 11.2 Å². The van der Waals surface area contributed by atoms with Crippen molar-refractivity contribution in [3.8, 4) is 16.9 Å². The molecule has 0 atom stereocenters. The van der Waals surface area contributed by atoms with Crippen LogP contribution in [0.15, 0.2) is 84.9 Å². The molecular formula is C30H24N2. The first-order chi connectivity index (χ1) is 15.5. The van der Waals surface area contributed by atoms with E-state index in [1.54, 1.807) is 0 Å². The highest BCUT2D eigenvalue weighted by atomic mass is 15.0. The minimum Gasteiger partial charge on any atom is -0.354 e. The summed E-state index contributed by atoms with van der Waals surface area (Å²) in [7, 11) is 0. The van der Waals surface area contributed by atoms with Crippen molar-refractivity contribution in [3.63, 3.8) is 0 Å². The molecule has 7 rings (SSSR count). The molecule has 154 valence electrons. The molecule has 2 heteroatoms. The topological polar surface area (TPSA) is 20.7 Å². The lowest BCUT2D eigenvalue weighted by Crippen LogP contribution is -2.14. The van der Waals surface area contributed by atoms with Crippen LogP contribution in [0.2, 0.25) is 0 Å². The number of nitrogens with zero attached hydrogens (tertiary/aromatic N) is 1. The molecule has 1 aliphatic carbocycles. The Kier molecular flexibility index (Phi) is 3.30. The van der Waals surface area contributed by atoms with Crippen molar-refractivity contribution in [1.29, 1.82) is 0 Å². The second kappa shape index (κ2) is 5.92. The van der Waals surface area contributed by atoms with Crippen LogP contribution in [0.1, 0.15) is 30.5 Å². The van der Waals surface area contributed by atoms with Gasteiger partial charge in [-0.15, -0.1) is 0 Å². The van der Waals surface area contributed by atoms with Gasteiger partial charge < -0.3 is 9.55 Å². The fourth-order valence-electron chi connectivity index (χ4n) is 5.90. The molecule has 0 radical (unpaired) electrons. The van der Waals surface area contributed by atoms with E-state index in [0.29, 0.717) is 0 Å². The first-order valence-electron chi connectivity index (χ1n) is 11.3. The number of aromatic amines is 1. The Bertz CT molecular complexity index is 1690. The lowest BCUT2D eigenvalue weighted by Gasteiger charge is -2.21. The van der Waals surface area contributed by atoms with Crippen LogP contribution >= 0.6 is 0 Å². The van der Waals surface area contributed by atoms with Crippen molar-refractivity contribution in [2.24, 2.45) is 0 Å². The van der Waals surface area contributed by atoms with Gasteiger partial charge in [0.2, 0.25) is 0 Å². The Morgan fingerprint density at radius 2 is 1.47 bits per heavy atom. The summed E-state index contributed by atoms with van der Waals surface area (Å²) in [6.45, 7) is 6.90. The number of aryl methyl sites for hydroxylation is 1. The minimum absolute atomic E-state index is 0.0551. The zero-order valence-corrected chi connectivity index (χ0v) is 18.5. The minimum atomic E-state index is -0.0551. The van der Waals surface area contributed by atoms with Crippen molar-refractivity contribution >= 4 is 32.7 Å². The molecule has 2 heterocycles. The molecule has 1 aliphatic rings. The van der Waals surface area contributed by atoms with Crippen LogP contribution in [0.25, 0.3) is 49.7 Å². The lowest BCUT2D eigenvalue weighted by molar-refractivity contribution is 0.666. The Balaban J connectivity index is 1.71. The highest BCUT2D eigenvalue weighted by molar-refractivity contribution is 6.14. The highest BCUT2D eigenvalue weighted by Crippen LogP contribution is 2.54. The Labute approximate surface area is 187 Å². The van der Waals surface area contributed by atoms with E-state index in [1.165, 1.54) is 66.3 Å². The second-order valence-corrected chi connectivity index (χ2v) is 9.65. The van der Waals surface area contributed by atoms with Gasteiger partial charge in [0.25, 0.3) is 0 Å². The first-order valence-corrected chi connectivity index (χ1v) is 11.3. The molecule has 2 aromatic heterocycles. The van der Waals surface area contributed by atoms with Crippen LogP contribution in [0.4, 0.5) is 0 Å². The number of hydrogen-bond acceptors (Lipinski definition) is 0. The molecule has 0 amide bonds. The molecule has 0 saturated carbocycles. The van der Waals surface area contributed by atoms with Crippen LogP contribution in [-0.4, -0.2) is 9.55 Å². The van der Waals surface area contributed by atoms with E-state index in [2.05, 4.69) is 115 Å². The van der Waals surface area contributed by atoms with Gasteiger partial charge in [-0.2, -0.15) is 0 Å². The van der Waals surface area contributed by atoms with Gasteiger partial charge in [-0.3, -0.25) is 0 Å². The average Bonchev–Trinajstić information content (AvgIpc) is 3.40. The third-order valence-corrected chi connectivity index (χ3v) is 7.34. The summed E-state index contributed by atoms with van der Waals surface area (Å²) < 4.78 is 2.48. The Hall–Kier alpha value is -3.78. The van der Waals surface area contributed by atoms with Crippen LogP contribution in [0.3, 0.4) is 0 Å². The smallest absolute Gasteiger partial charge is 0.0585 e. The maximum absolute atomic E-state index is 3.68. The number of hydrogen-bond donors (Lipinski definition) is 1. The predicted octanol–water partition coefficient (Wildman–Crippen LogP) is 7.88. The maximum atomic E-state index is 3.68.